The standard InChI is InChI=1S/C25H36N2O3S/c1-6-8-9-22(7-2)17-26-25(28)18-27(24-16-20(4)10-13-21(24)5)31(29,30)23-14-11-19(3)12-15-23/h10-16,22H,6-9,17-18H2,1-5H3,(H,26,28). The fraction of sp³-hybridized carbons (Fsp3) is 0.480. The maximum atomic E-state index is 13.5. The van der Waals surface area contributed by atoms with Crippen molar-refractivity contribution >= 4 is 21.6 Å². The summed E-state index contributed by atoms with van der Waals surface area (Å²) in [5, 5.41) is 2.96. The minimum atomic E-state index is -3.89. The Morgan fingerprint density at radius 3 is 2.26 bits per heavy atom. The van der Waals surface area contributed by atoms with Crippen LogP contribution in [0.2, 0.25) is 0 Å². The van der Waals surface area contributed by atoms with Gasteiger partial charge in [-0.15, -0.1) is 0 Å². The molecule has 5 nitrogen and oxygen atoms in total. The van der Waals surface area contributed by atoms with Crippen LogP contribution >= 0.6 is 0 Å². The minimum absolute atomic E-state index is 0.182. The molecule has 1 atom stereocenters. The van der Waals surface area contributed by atoms with Crippen LogP contribution in [0.4, 0.5) is 5.69 Å². The van der Waals surface area contributed by atoms with E-state index in [4.69, 9.17) is 0 Å². The van der Waals surface area contributed by atoms with Gasteiger partial charge in [-0.2, -0.15) is 0 Å². The summed E-state index contributed by atoms with van der Waals surface area (Å²) >= 11 is 0. The van der Waals surface area contributed by atoms with Crippen molar-refractivity contribution in [2.24, 2.45) is 5.92 Å². The average molecular weight is 445 g/mol. The molecule has 0 aliphatic heterocycles. The highest BCUT2D eigenvalue weighted by atomic mass is 32.2. The fourth-order valence-electron chi connectivity index (χ4n) is 3.51. The predicted molar refractivity (Wildman–Crippen MR) is 128 cm³/mol. The van der Waals surface area contributed by atoms with Crippen molar-refractivity contribution in [1.29, 1.82) is 0 Å². The van der Waals surface area contributed by atoms with Crippen LogP contribution in [-0.4, -0.2) is 27.4 Å². The predicted octanol–water partition coefficient (Wildman–Crippen LogP) is 5.14. The largest absolute Gasteiger partial charge is 0.354 e. The number of anilines is 1. The lowest BCUT2D eigenvalue weighted by Gasteiger charge is -2.26. The minimum Gasteiger partial charge on any atom is -0.354 e. The van der Waals surface area contributed by atoms with Gasteiger partial charge in [-0.25, -0.2) is 8.42 Å². The van der Waals surface area contributed by atoms with Crippen LogP contribution in [0, 0.1) is 26.7 Å². The van der Waals surface area contributed by atoms with Gasteiger partial charge in [0.15, 0.2) is 0 Å². The molecule has 1 N–H and O–H groups in total. The summed E-state index contributed by atoms with van der Waals surface area (Å²) in [6, 6.07) is 12.4. The number of rotatable bonds is 11. The molecule has 1 unspecified atom stereocenters. The van der Waals surface area contributed by atoms with Crippen LogP contribution in [0.15, 0.2) is 47.4 Å². The molecule has 0 bridgehead atoms. The molecular weight excluding hydrogens is 408 g/mol. The first-order valence-electron chi connectivity index (χ1n) is 11.1. The van der Waals surface area contributed by atoms with E-state index in [1.807, 2.05) is 39.0 Å². The molecular formula is C25H36N2O3S. The Hall–Kier alpha value is -2.34. The third-order valence-electron chi connectivity index (χ3n) is 5.66. The number of aryl methyl sites for hydroxylation is 3. The third kappa shape index (κ3) is 6.82. The number of carbonyl (C=O) groups excluding carboxylic acids is 1. The molecule has 31 heavy (non-hydrogen) atoms. The number of hydrogen-bond acceptors (Lipinski definition) is 3. The topological polar surface area (TPSA) is 66.5 Å². The molecule has 0 aliphatic carbocycles. The second-order valence-electron chi connectivity index (χ2n) is 8.34. The van der Waals surface area contributed by atoms with Crippen molar-refractivity contribution in [3.05, 3.63) is 59.2 Å². The molecule has 1 amide bonds. The molecule has 0 aliphatic rings. The van der Waals surface area contributed by atoms with Crippen molar-refractivity contribution in [3.8, 4) is 0 Å². The summed E-state index contributed by atoms with van der Waals surface area (Å²) in [5.41, 5.74) is 3.26. The maximum absolute atomic E-state index is 13.5. The second kappa shape index (κ2) is 11.3. The normalized spacial score (nSPS) is 12.4. The van der Waals surface area contributed by atoms with Gasteiger partial charge in [0.05, 0.1) is 10.6 Å². The van der Waals surface area contributed by atoms with Gasteiger partial charge in [0, 0.05) is 6.54 Å². The Balaban J connectivity index is 2.31. The van der Waals surface area contributed by atoms with E-state index < -0.39 is 10.0 Å². The number of hydrogen-bond donors (Lipinski definition) is 1. The van der Waals surface area contributed by atoms with Crippen LogP contribution in [0.1, 0.15) is 56.2 Å². The summed E-state index contributed by atoms with van der Waals surface area (Å²) in [7, 11) is -3.89. The van der Waals surface area contributed by atoms with Crippen LogP contribution in [0.5, 0.6) is 0 Å². The molecule has 0 heterocycles. The van der Waals surface area contributed by atoms with Gasteiger partial charge in [0.2, 0.25) is 5.91 Å². The van der Waals surface area contributed by atoms with Gasteiger partial charge >= 0.3 is 0 Å². The van der Waals surface area contributed by atoms with Crippen molar-refractivity contribution in [3.63, 3.8) is 0 Å². The first-order chi connectivity index (χ1) is 14.7. The van der Waals surface area contributed by atoms with E-state index in [9.17, 15) is 13.2 Å². The number of nitrogens with one attached hydrogen (secondary N) is 1. The number of carbonyl (C=O) groups is 1. The molecule has 6 heteroatoms. The summed E-state index contributed by atoms with van der Waals surface area (Å²) in [6.07, 6.45) is 4.31. The van der Waals surface area contributed by atoms with E-state index in [1.54, 1.807) is 24.3 Å². The van der Waals surface area contributed by atoms with Crippen molar-refractivity contribution in [2.45, 2.75) is 65.2 Å². The van der Waals surface area contributed by atoms with Crippen LogP contribution < -0.4 is 9.62 Å². The van der Waals surface area contributed by atoms with Gasteiger partial charge in [-0.05, 0) is 62.4 Å². The van der Waals surface area contributed by atoms with E-state index in [-0.39, 0.29) is 17.3 Å². The summed E-state index contributed by atoms with van der Waals surface area (Å²) in [4.78, 5) is 13.0. The lowest BCUT2D eigenvalue weighted by atomic mass is 9.99. The SMILES string of the molecule is CCCCC(CC)CNC(=O)CN(c1cc(C)ccc1C)S(=O)(=O)c1ccc(C)cc1. The van der Waals surface area contributed by atoms with E-state index >= 15 is 0 Å². The molecule has 0 fully saturated rings. The third-order valence-corrected chi connectivity index (χ3v) is 7.43. The zero-order valence-electron chi connectivity index (χ0n) is 19.4. The molecule has 0 aromatic heterocycles. The molecule has 2 rings (SSSR count). The fourth-order valence-corrected chi connectivity index (χ4v) is 4.99. The number of amides is 1. The lowest BCUT2D eigenvalue weighted by Crippen LogP contribution is -2.42. The van der Waals surface area contributed by atoms with Crippen molar-refractivity contribution < 1.29 is 13.2 Å². The summed E-state index contributed by atoms with van der Waals surface area (Å²) < 4.78 is 28.3. The highest BCUT2D eigenvalue weighted by molar-refractivity contribution is 7.92. The molecule has 0 saturated heterocycles. The second-order valence-corrected chi connectivity index (χ2v) is 10.2. The summed E-state index contributed by atoms with van der Waals surface area (Å²) in [5.74, 6) is 0.123. The molecule has 0 radical (unpaired) electrons. The maximum Gasteiger partial charge on any atom is 0.264 e. The number of nitrogens with zero attached hydrogens (tertiary/aromatic N) is 1. The van der Waals surface area contributed by atoms with E-state index in [2.05, 4.69) is 19.2 Å². The van der Waals surface area contributed by atoms with Crippen LogP contribution in [0.3, 0.4) is 0 Å². The number of sulfonamides is 1. The molecule has 2 aromatic rings. The smallest absolute Gasteiger partial charge is 0.264 e. The Bertz CT molecular complexity index is 969. The highest BCUT2D eigenvalue weighted by Crippen LogP contribution is 2.28. The number of benzene rings is 2. The average Bonchev–Trinajstić information content (AvgIpc) is 2.74. The lowest BCUT2D eigenvalue weighted by molar-refractivity contribution is -0.119. The van der Waals surface area contributed by atoms with Gasteiger partial charge in [-0.3, -0.25) is 9.10 Å². The van der Waals surface area contributed by atoms with Gasteiger partial charge in [-0.1, -0.05) is 62.9 Å². The quantitative estimate of drug-likeness (QED) is 0.522. The van der Waals surface area contributed by atoms with Crippen molar-refractivity contribution in [1.82, 2.24) is 5.32 Å². The zero-order valence-corrected chi connectivity index (χ0v) is 20.3. The van der Waals surface area contributed by atoms with Crippen molar-refractivity contribution in [2.75, 3.05) is 17.4 Å². The van der Waals surface area contributed by atoms with E-state index in [0.717, 1.165) is 42.4 Å². The Labute approximate surface area is 187 Å². The highest BCUT2D eigenvalue weighted by Gasteiger charge is 2.28. The first kappa shape index (κ1) is 24.9. The molecule has 0 spiro atoms. The van der Waals surface area contributed by atoms with E-state index in [0.29, 0.717) is 18.2 Å². The summed E-state index contributed by atoms with van der Waals surface area (Å²) in [6.45, 7) is 10.3. The van der Waals surface area contributed by atoms with Gasteiger partial charge in [0.25, 0.3) is 10.0 Å². The molecule has 0 saturated carbocycles. The van der Waals surface area contributed by atoms with Crippen LogP contribution in [-0.2, 0) is 14.8 Å². The Morgan fingerprint density at radius 1 is 1.00 bits per heavy atom. The van der Waals surface area contributed by atoms with E-state index in [1.165, 1.54) is 4.31 Å². The zero-order chi connectivity index (χ0) is 23.0. The number of unbranched alkanes of at least 4 members (excludes halogenated alkanes) is 1. The first-order valence-corrected chi connectivity index (χ1v) is 12.6. The Kier molecular flexibility index (Phi) is 9.11. The Morgan fingerprint density at radius 2 is 1.65 bits per heavy atom. The monoisotopic (exact) mass is 444 g/mol. The molecule has 2 aromatic carbocycles. The van der Waals surface area contributed by atoms with Gasteiger partial charge in [0.1, 0.15) is 6.54 Å². The molecule has 170 valence electrons. The van der Waals surface area contributed by atoms with Crippen LogP contribution in [0.25, 0.3) is 0 Å². The van der Waals surface area contributed by atoms with Gasteiger partial charge < -0.3 is 5.32 Å².